The second-order valence-electron chi connectivity index (χ2n) is 4.13. The number of benzene rings is 2. The molecule has 0 saturated carbocycles. The molecular weight excluding hydrogens is 374 g/mol. The molecule has 0 fully saturated rings. The van der Waals surface area contributed by atoms with Crippen LogP contribution in [0.1, 0.15) is 0 Å². The van der Waals surface area contributed by atoms with E-state index in [1.165, 1.54) is 17.8 Å². The zero-order chi connectivity index (χ0) is 13.4. The van der Waals surface area contributed by atoms with Gasteiger partial charge in [-0.05, 0) is 46.9 Å². The molecule has 0 saturated heterocycles. The summed E-state index contributed by atoms with van der Waals surface area (Å²) in [5, 5.41) is 2.09. The van der Waals surface area contributed by atoms with E-state index in [0.29, 0.717) is 9.26 Å². The number of hydrogen-bond donors (Lipinski definition) is 2. The predicted molar refractivity (Wildman–Crippen MR) is 86.0 cm³/mol. The van der Waals surface area contributed by atoms with Crippen LogP contribution in [-0.4, -0.2) is 4.98 Å². The molecule has 0 aliphatic carbocycles. The number of aromatic amines is 1. The van der Waals surface area contributed by atoms with Crippen molar-refractivity contribution in [3.8, 4) is 0 Å². The van der Waals surface area contributed by atoms with Crippen molar-refractivity contribution in [1.29, 1.82) is 0 Å². The van der Waals surface area contributed by atoms with Gasteiger partial charge in [-0.15, -0.1) is 0 Å². The average Bonchev–Trinajstić information content (AvgIpc) is 2.78. The van der Waals surface area contributed by atoms with E-state index in [-0.39, 0.29) is 5.82 Å². The Morgan fingerprint density at radius 1 is 1.16 bits per heavy atom. The number of halogens is 2. The molecule has 1 heterocycles. The number of nitrogens with two attached hydrogens (primary N) is 1. The Bertz CT molecular complexity index is 721. The van der Waals surface area contributed by atoms with Gasteiger partial charge < -0.3 is 10.7 Å². The van der Waals surface area contributed by atoms with Crippen LogP contribution in [0.25, 0.3) is 10.9 Å². The first-order chi connectivity index (χ1) is 9.13. The number of hydrogen-bond acceptors (Lipinski definition) is 2. The van der Waals surface area contributed by atoms with E-state index in [4.69, 9.17) is 5.73 Å². The Balaban J connectivity index is 1.98. The summed E-state index contributed by atoms with van der Waals surface area (Å²) < 4.78 is 14.1. The fourth-order valence-corrected chi connectivity index (χ4v) is 3.27. The summed E-state index contributed by atoms with van der Waals surface area (Å²) in [6.07, 6.45) is 0. The lowest BCUT2D eigenvalue weighted by atomic mass is 10.3. The molecule has 3 N–H and O–H groups in total. The van der Waals surface area contributed by atoms with Gasteiger partial charge in [0.2, 0.25) is 0 Å². The van der Waals surface area contributed by atoms with Gasteiger partial charge in [-0.3, -0.25) is 0 Å². The van der Waals surface area contributed by atoms with Crippen LogP contribution in [0.2, 0.25) is 0 Å². The third-order valence-corrected chi connectivity index (χ3v) is 4.62. The largest absolute Gasteiger partial charge is 0.398 e. The average molecular weight is 384 g/mol. The van der Waals surface area contributed by atoms with E-state index in [9.17, 15) is 4.39 Å². The minimum Gasteiger partial charge on any atom is -0.398 e. The number of nitrogen functional groups attached to an aromatic ring is 1. The lowest BCUT2D eigenvalue weighted by Gasteiger charge is -2.05. The molecule has 5 heteroatoms. The lowest BCUT2D eigenvalue weighted by molar-refractivity contribution is 0.617. The molecule has 0 spiro atoms. The lowest BCUT2D eigenvalue weighted by Crippen LogP contribution is -1.92. The highest BCUT2D eigenvalue weighted by Crippen LogP contribution is 2.34. The highest BCUT2D eigenvalue weighted by Gasteiger charge is 2.09. The second-order valence-corrected chi connectivity index (χ2v) is 6.37. The van der Waals surface area contributed by atoms with Crippen LogP contribution >= 0.6 is 34.4 Å². The summed E-state index contributed by atoms with van der Waals surface area (Å²) in [6.45, 7) is 0. The summed E-state index contributed by atoms with van der Waals surface area (Å²) in [5.74, 6) is -0.242. The zero-order valence-electron chi connectivity index (χ0n) is 9.78. The standard InChI is InChI=1S/C14H10FIN2S/c15-9-6-13(11(17)7-10(9)16)19-14-5-8-3-1-2-4-12(8)18-14/h1-7,18H,17H2. The van der Waals surface area contributed by atoms with Gasteiger partial charge in [0.05, 0.1) is 8.60 Å². The summed E-state index contributed by atoms with van der Waals surface area (Å²) in [7, 11) is 0. The van der Waals surface area contributed by atoms with E-state index in [1.54, 1.807) is 6.07 Å². The number of H-pyrrole nitrogens is 1. The molecule has 3 rings (SSSR count). The van der Waals surface area contributed by atoms with E-state index in [1.807, 2.05) is 52.9 Å². The highest BCUT2D eigenvalue weighted by atomic mass is 127. The minimum atomic E-state index is -0.242. The van der Waals surface area contributed by atoms with Crippen molar-refractivity contribution in [1.82, 2.24) is 4.98 Å². The molecule has 0 radical (unpaired) electrons. The number of anilines is 1. The molecule has 0 aliphatic rings. The monoisotopic (exact) mass is 384 g/mol. The predicted octanol–water partition coefficient (Wildman–Crippen LogP) is 4.65. The smallest absolute Gasteiger partial charge is 0.137 e. The number of para-hydroxylation sites is 1. The Hall–Kier alpha value is -1.21. The Morgan fingerprint density at radius 3 is 2.74 bits per heavy atom. The van der Waals surface area contributed by atoms with E-state index in [2.05, 4.69) is 4.98 Å². The van der Waals surface area contributed by atoms with Gasteiger partial charge in [0.25, 0.3) is 0 Å². The first-order valence-electron chi connectivity index (χ1n) is 5.63. The van der Waals surface area contributed by atoms with Crippen LogP contribution < -0.4 is 5.73 Å². The fraction of sp³-hybridized carbons (Fsp3) is 0. The molecular formula is C14H10FIN2S. The fourth-order valence-electron chi connectivity index (χ4n) is 1.85. The van der Waals surface area contributed by atoms with Gasteiger partial charge in [-0.2, -0.15) is 0 Å². The second kappa shape index (κ2) is 5.05. The van der Waals surface area contributed by atoms with Gasteiger partial charge in [-0.25, -0.2) is 4.39 Å². The number of fused-ring (bicyclic) bond motifs is 1. The summed E-state index contributed by atoms with van der Waals surface area (Å²) in [6, 6.07) is 13.2. The quantitative estimate of drug-likeness (QED) is 0.499. The van der Waals surface area contributed by atoms with Gasteiger partial charge >= 0.3 is 0 Å². The maximum Gasteiger partial charge on any atom is 0.137 e. The van der Waals surface area contributed by atoms with Crippen molar-refractivity contribution >= 4 is 50.9 Å². The van der Waals surface area contributed by atoms with E-state index < -0.39 is 0 Å². The molecule has 96 valence electrons. The van der Waals surface area contributed by atoms with Crippen LogP contribution in [0.5, 0.6) is 0 Å². The molecule has 0 unspecified atom stereocenters. The Labute approximate surface area is 127 Å². The topological polar surface area (TPSA) is 41.8 Å². The maximum absolute atomic E-state index is 13.6. The van der Waals surface area contributed by atoms with Crippen molar-refractivity contribution in [2.45, 2.75) is 9.92 Å². The molecule has 0 aliphatic heterocycles. The summed E-state index contributed by atoms with van der Waals surface area (Å²) in [4.78, 5) is 4.01. The van der Waals surface area contributed by atoms with Crippen LogP contribution in [0, 0.1) is 9.39 Å². The van der Waals surface area contributed by atoms with E-state index >= 15 is 0 Å². The first kappa shape index (κ1) is 12.8. The van der Waals surface area contributed by atoms with Gasteiger partial charge in [-0.1, -0.05) is 30.0 Å². The molecule has 0 amide bonds. The van der Waals surface area contributed by atoms with Crippen molar-refractivity contribution in [3.63, 3.8) is 0 Å². The minimum absolute atomic E-state index is 0.242. The third-order valence-electron chi connectivity index (χ3n) is 2.78. The van der Waals surface area contributed by atoms with Crippen molar-refractivity contribution < 1.29 is 4.39 Å². The number of rotatable bonds is 2. The molecule has 0 bridgehead atoms. The van der Waals surface area contributed by atoms with Crippen LogP contribution in [0.4, 0.5) is 10.1 Å². The zero-order valence-corrected chi connectivity index (χ0v) is 12.8. The highest BCUT2D eigenvalue weighted by molar-refractivity contribution is 14.1. The van der Waals surface area contributed by atoms with Gasteiger partial charge in [0.15, 0.2) is 0 Å². The SMILES string of the molecule is Nc1cc(I)c(F)cc1Sc1cc2ccccc2[nH]1. The van der Waals surface area contributed by atoms with Crippen molar-refractivity contribution in [3.05, 3.63) is 51.9 Å². The number of aromatic nitrogens is 1. The van der Waals surface area contributed by atoms with Crippen molar-refractivity contribution in [2.24, 2.45) is 0 Å². The maximum atomic E-state index is 13.6. The normalized spacial score (nSPS) is 11.1. The van der Waals surface area contributed by atoms with Gasteiger partial charge in [0, 0.05) is 21.5 Å². The van der Waals surface area contributed by atoms with Crippen LogP contribution in [0.3, 0.4) is 0 Å². The van der Waals surface area contributed by atoms with Crippen LogP contribution in [0.15, 0.2) is 52.4 Å². The van der Waals surface area contributed by atoms with Crippen LogP contribution in [-0.2, 0) is 0 Å². The molecule has 3 aromatic rings. The molecule has 0 atom stereocenters. The van der Waals surface area contributed by atoms with E-state index in [0.717, 1.165) is 20.8 Å². The summed E-state index contributed by atoms with van der Waals surface area (Å²) in [5.41, 5.74) is 7.58. The third kappa shape index (κ3) is 2.57. The molecule has 1 aromatic heterocycles. The molecule has 2 aromatic carbocycles. The summed E-state index contributed by atoms with van der Waals surface area (Å²) >= 11 is 3.38. The molecule has 2 nitrogen and oxygen atoms in total. The van der Waals surface area contributed by atoms with Gasteiger partial charge in [0.1, 0.15) is 5.82 Å². The number of nitrogens with one attached hydrogen (secondary N) is 1. The van der Waals surface area contributed by atoms with Crippen molar-refractivity contribution in [2.75, 3.05) is 5.73 Å². The Morgan fingerprint density at radius 2 is 1.95 bits per heavy atom. The molecule has 19 heavy (non-hydrogen) atoms. The Kier molecular flexibility index (Phi) is 3.40. The first-order valence-corrected chi connectivity index (χ1v) is 7.53.